The van der Waals surface area contributed by atoms with Crippen LogP contribution in [0.4, 0.5) is 4.39 Å². The molecule has 1 heterocycles. The fourth-order valence-corrected chi connectivity index (χ4v) is 2.19. The second-order valence-corrected chi connectivity index (χ2v) is 5.49. The van der Waals surface area contributed by atoms with E-state index in [9.17, 15) is 4.39 Å². The molecule has 2 rings (SSSR count). The van der Waals surface area contributed by atoms with Crippen molar-refractivity contribution in [3.63, 3.8) is 0 Å². The van der Waals surface area contributed by atoms with Gasteiger partial charge < -0.3 is 5.73 Å². The summed E-state index contributed by atoms with van der Waals surface area (Å²) in [6.45, 7) is 2.03. The molecule has 3 nitrogen and oxygen atoms in total. The predicted molar refractivity (Wildman–Crippen MR) is 78.2 cm³/mol. The maximum Gasteiger partial charge on any atom is 0.123 e. The van der Waals surface area contributed by atoms with Crippen LogP contribution in [0.1, 0.15) is 18.9 Å². The minimum absolute atomic E-state index is 0.0418. The maximum atomic E-state index is 13.4. The van der Waals surface area contributed by atoms with Crippen molar-refractivity contribution in [2.75, 3.05) is 0 Å². The van der Waals surface area contributed by atoms with Crippen molar-refractivity contribution in [1.29, 1.82) is 0 Å². The number of hydrogen-bond acceptors (Lipinski definition) is 2. The van der Waals surface area contributed by atoms with Crippen molar-refractivity contribution in [1.82, 2.24) is 9.78 Å². The van der Waals surface area contributed by atoms with Gasteiger partial charge in [0.2, 0.25) is 0 Å². The molecule has 0 saturated carbocycles. The first-order valence-electron chi connectivity index (χ1n) is 5.84. The van der Waals surface area contributed by atoms with Gasteiger partial charge in [-0.3, -0.25) is 0 Å². The quantitative estimate of drug-likeness (QED) is 0.854. The van der Waals surface area contributed by atoms with Gasteiger partial charge in [0.25, 0.3) is 0 Å². The summed E-state index contributed by atoms with van der Waals surface area (Å²) < 4.78 is 16.2. The second kappa shape index (κ2) is 5.79. The molecule has 5 heteroatoms. The van der Waals surface area contributed by atoms with Crippen LogP contribution in [0.5, 0.6) is 0 Å². The molecule has 0 bridgehead atoms. The van der Waals surface area contributed by atoms with E-state index in [2.05, 4.69) is 27.7 Å². The van der Waals surface area contributed by atoms with Gasteiger partial charge in [0.15, 0.2) is 0 Å². The lowest BCUT2D eigenvalue weighted by Gasteiger charge is -2.13. The Balaban J connectivity index is 2.40. The molecule has 0 aliphatic heterocycles. The van der Waals surface area contributed by atoms with Gasteiger partial charge in [-0.1, -0.05) is 6.92 Å². The second-order valence-electron chi connectivity index (χ2n) is 4.25. The molecule has 2 aromatic rings. The van der Waals surface area contributed by atoms with Gasteiger partial charge in [0.1, 0.15) is 5.82 Å². The molecular weight excluding hydrogens is 344 g/mol. The van der Waals surface area contributed by atoms with Crippen molar-refractivity contribution in [2.45, 2.75) is 25.8 Å². The Kier molecular flexibility index (Phi) is 4.34. The number of benzene rings is 1. The van der Waals surface area contributed by atoms with Crippen LogP contribution >= 0.6 is 22.6 Å². The van der Waals surface area contributed by atoms with Gasteiger partial charge in [-0.25, -0.2) is 9.07 Å². The number of rotatable bonds is 4. The molecule has 1 atom stereocenters. The number of nitrogens with zero attached hydrogens (tertiary/aromatic N) is 2. The fraction of sp³-hybridized carbons (Fsp3) is 0.308. The monoisotopic (exact) mass is 359 g/mol. The topological polar surface area (TPSA) is 43.8 Å². The van der Waals surface area contributed by atoms with E-state index in [0.29, 0.717) is 6.42 Å². The Morgan fingerprint density at radius 2 is 2.28 bits per heavy atom. The van der Waals surface area contributed by atoms with Crippen LogP contribution in [-0.2, 0) is 6.42 Å². The maximum absolute atomic E-state index is 13.4. The van der Waals surface area contributed by atoms with Crippen molar-refractivity contribution in [3.05, 3.63) is 45.5 Å². The first kappa shape index (κ1) is 13.5. The van der Waals surface area contributed by atoms with Crippen LogP contribution in [0.25, 0.3) is 5.69 Å². The molecule has 0 saturated heterocycles. The molecule has 0 amide bonds. The van der Waals surface area contributed by atoms with Gasteiger partial charge >= 0.3 is 0 Å². The molecule has 0 spiro atoms. The van der Waals surface area contributed by atoms with Crippen LogP contribution in [0, 0.1) is 9.39 Å². The van der Waals surface area contributed by atoms with E-state index in [1.165, 1.54) is 6.07 Å². The summed E-state index contributed by atoms with van der Waals surface area (Å²) in [5, 5.41) is 4.26. The highest BCUT2D eigenvalue weighted by atomic mass is 127. The molecule has 2 N–H and O–H groups in total. The Hall–Kier alpha value is -0.950. The van der Waals surface area contributed by atoms with Gasteiger partial charge in [0, 0.05) is 12.2 Å². The predicted octanol–water partition coefficient (Wildman–Crippen LogP) is 2.90. The minimum atomic E-state index is -0.237. The minimum Gasteiger partial charge on any atom is -0.327 e. The first-order chi connectivity index (χ1) is 8.60. The molecule has 96 valence electrons. The molecule has 0 aliphatic rings. The third-order valence-electron chi connectivity index (χ3n) is 2.85. The zero-order valence-corrected chi connectivity index (χ0v) is 12.3. The number of hydrogen-bond donors (Lipinski definition) is 1. The third-order valence-corrected chi connectivity index (χ3v) is 3.40. The normalized spacial score (nSPS) is 12.7. The van der Waals surface area contributed by atoms with E-state index in [1.807, 2.05) is 13.1 Å². The van der Waals surface area contributed by atoms with Gasteiger partial charge in [0.05, 0.1) is 15.5 Å². The largest absolute Gasteiger partial charge is 0.327 e. The first-order valence-corrected chi connectivity index (χ1v) is 6.92. The summed E-state index contributed by atoms with van der Waals surface area (Å²) in [6.07, 6.45) is 5.20. The smallest absolute Gasteiger partial charge is 0.123 e. The lowest BCUT2D eigenvalue weighted by Crippen LogP contribution is -2.22. The molecule has 1 aromatic heterocycles. The Morgan fingerprint density at radius 1 is 1.50 bits per heavy atom. The van der Waals surface area contributed by atoms with Gasteiger partial charge in [-0.05, 0) is 59.2 Å². The number of aromatic nitrogens is 2. The van der Waals surface area contributed by atoms with Gasteiger partial charge in [-0.2, -0.15) is 5.10 Å². The standard InChI is InChI=1S/C13H15FIN3/c1-2-12(16)6-9-5-10(14)3-4-13(9)18-8-11(15)7-17-18/h3-5,7-8,12H,2,6,16H2,1H3. The molecule has 1 aromatic carbocycles. The van der Waals surface area contributed by atoms with Crippen molar-refractivity contribution in [2.24, 2.45) is 5.73 Å². The van der Waals surface area contributed by atoms with E-state index in [0.717, 1.165) is 21.2 Å². The highest BCUT2D eigenvalue weighted by molar-refractivity contribution is 14.1. The average molecular weight is 359 g/mol. The average Bonchev–Trinajstić information content (AvgIpc) is 2.75. The summed E-state index contributed by atoms with van der Waals surface area (Å²) in [5.41, 5.74) is 7.74. The van der Waals surface area contributed by atoms with Crippen LogP contribution in [-0.4, -0.2) is 15.8 Å². The lowest BCUT2D eigenvalue weighted by molar-refractivity contribution is 0.611. The Labute approximate surface area is 119 Å². The fourth-order valence-electron chi connectivity index (χ4n) is 1.80. The number of nitrogens with two attached hydrogens (primary N) is 1. The number of halogens is 2. The van der Waals surface area contributed by atoms with Gasteiger partial charge in [-0.15, -0.1) is 0 Å². The zero-order chi connectivity index (χ0) is 13.1. The molecule has 0 aliphatic carbocycles. The highest BCUT2D eigenvalue weighted by Crippen LogP contribution is 2.18. The van der Waals surface area contributed by atoms with E-state index < -0.39 is 0 Å². The summed E-state index contributed by atoms with van der Waals surface area (Å²) >= 11 is 2.20. The van der Waals surface area contributed by atoms with Crippen LogP contribution in [0.2, 0.25) is 0 Å². The van der Waals surface area contributed by atoms with E-state index in [4.69, 9.17) is 5.73 Å². The van der Waals surface area contributed by atoms with Crippen LogP contribution in [0.15, 0.2) is 30.6 Å². The van der Waals surface area contributed by atoms with Crippen molar-refractivity contribution < 1.29 is 4.39 Å². The highest BCUT2D eigenvalue weighted by Gasteiger charge is 2.10. The van der Waals surface area contributed by atoms with Crippen molar-refractivity contribution in [3.8, 4) is 5.69 Å². The summed E-state index contributed by atoms with van der Waals surface area (Å²) in [4.78, 5) is 0. The van der Waals surface area contributed by atoms with E-state index in [-0.39, 0.29) is 11.9 Å². The zero-order valence-electron chi connectivity index (χ0n) is 10.1. The van der Waals surface area contributed by atoms with E-state index >= 15 is 0 Å². The summed E-state index contributed by atoms with van der Waals surface area (Å²) in [5.74, 6) is -0.237. The lowest BCUT2D eigenvalue weighted by atomic mass is 10.0. The molecule has 0 radical (unpaired) electrons. The molecule has 1 unspecified atom stereocenters. The molecule has 0 fully saturated rings. The Bertz CT molecular complexity index is 539. The Morgan fingerprint density at radius 3 is 2.89 bits per heavy atom. The molecular formula is C13H15FIN3. The summed E-state index contributed by atoms with van der Waals surface area (Å²) in [6, 6.07) is 4.78. The van der Waals surface area contributed by atoms with Crippen LogP contribution < -0.4 is 5.73 Å². The van der Waals surface area contributed by atoms with Crippen molar-refractivity contribution >= 4 is 22.6 Å². The molecule has 18 heavy (non-hydrogen) atoms. The van der Waals surface area contributed by atoms with E-state index in [1.54, 1.807) is 23.0 Å². The SMILES string of the molecule is CCC(N)Cc1cc(F)ccc1-n1cc(I)cn1. The summed E-state index contributed by atoms with van der Waals surface area (Å²) in [7, 11) is 0. The van der Waals surface area contributed by atoms with Crippen LogP contribution in [0.3, 0.4) is 0 Å². The third kappa shape index (κ3) is 3.08.